The Morgan fingerprint density at radius 1 is 1.32 bits per heavy atom. The predicted molar refractivity (Wildman–Crippen MR) is 77.8 cm³/mol. The summed E-state index contributed by atoms with van der Waals surface area (Å²) >= 11 is 7.85. The largest absolute Gasteiger partial charge is 0.337 e. The Balaban J connectivity index is 2.28. The Morgan fingerprint density at radius 2 is 1.95 bits per heavy atom. The van der Waals surface area contributed by atoms with E-state index in [1.165, 1.54) is 18.2 Å². The van der Waals surface area contributed by atoms with Crippen LogP contribution in [0.5, 0.6) is 0 Å². The fourth-order valence-corrected chi connectivity index (χ4v) is 3.71. The number of hydrogen-bond donors (Lipinski definition) is 0. The first-order valence-corrected chi connectivity index (χ1v) is 9.18. The van der Waals surface area contributed by atoms with Crippen molar-refractivity contribution in [3.05, 3.63) is 28.8 Å². The zero-order valence-electron chi connectivity index (χ0n) is 10.4. The zero-order chi connectivity index (χ0) is 14.0. The van der Waals surface area contributed by atoms with Crippen LogP contribution in [0.3, 0.4) is 0 Å². The van der Waals surface area contributed by atoms with E-state index < -0.39 is 9.84 Å². The van der Waals surface area contributed by atoms with Crippen LogP contribution in [-0.4, -0.2) is 50.1 Å². The third-order valence-corrected chi connectivity index (χ3v) is 5.26. The van der Waals surface area contributed by atoms with Crippen molar-refractivity contribution in [2.75, 3.05) is 30.9 Å². The van der Waals surface area contributed by atoms with Crippen LogP contribution in [-0.2, 0) is 9.84 Å². The highest BCUT2D eigenvalue weighted by Crippen LogP contribution is 2.23. The lowest BCUT2D eigenvalue weighted by molar-refractivity contribution is 0.0772. The Kier molecular flexibility index (Phi) is 4.43. The molecule has 1 fully saturated rings. The van der Waals surface area contributed by atoms with E-state index in [0.717, 1.165) is 17.8 Å². The van der Waals surface area contributed by atoms with Crippen molar-refractivity contribution >= 4 is 39.1 Å². The van der Waals surface area contributed by atoms with Crippen molar-refractivity contribution in [3.63, 3.8) is 0 Å². The molecule has 0 spiro atoms. The smallest absolute Gasteiger partial charge is 0.255 e. The monoisotopic (exact) mass is 319 g/mol. The minimum atomic E-state index is -3.31. The van der Waals surface area contributed by atoms with Crippen LogP contribution >= 0.6 is 23.4 Å². The number of sulfone groups is 1. The van der Waals surface area contributed by atoms with Gasteiger partial charge in [-0.15, -0.1) is 0 Å². The molecular formula is C12H14ClNO3S2. The third kappa shape index (κ3) is 3.43. The molecule has 0 aromatic heterocycles. The van der Waals surface area contributed by atoms with Gasteiger partial charge in [-0.05, 0) is 18.2 Å². The van der Waals surface area contributed by atoms with Crippen LogP contribution in [0.1, 0.15) is 10.4 Å². The maximum absolute atomic E-state index is 12.3. The molecular weight excluding hydrogens is 306 g/mol. The SMILES string of the molecule is CS(=O)(=O)c1ccc(C(=O)N2CCSCC2)c(Cl)c1. The summed E-state index contributed by atoms with van der Waals surface area (Å²) in [6, 6.07) is 4.25. The number of amides is 1. The minimum Gasteiger partial charge on any atom is -0.337 e. The second-order valence-electron chi connectivity index (χ2n) is 4.32. The van der Waals surface area contributed by atoms with Gasteiger partial charge < -0.3 is 4.90 Å². The lowest BCUT2D eigenvalue weighted by Gasteiger charge is -2.26. The van der Waals surface area contributed by atoms with Crippen molar-refractivity contribution in [1.29, 1.82) is 0 Å². The van der Waals surface area contributed by atoms with E-state index in [0.29, 0.717) is 18.7 Å². The molecule has 0 aliphatic carbocycles. The zero-order valence-corrected chi connectivity index (χ0v) is 12.8. The van der Waals surface area contributed by atoms with Crippen LogP contribution in [0, 0.1) is 0 Å². The van der Waals surface area contributed by atoms with E-state index in [1.807, 2.05) is 11.8 Å². The molecule has 4 nitrogen and oxygen atoms in total. The van der Waals surface area contributed by atoms with Gasteiger partial charge in [0, 0.05) is 30.9 Å². The number of halogens is 1. The summed E-state index contributed by atoms with van der Waals surface area (Å²) in [4.78, 5) is 14.1. The first-order chi connectivity index (χ1) is 8.89. The minimum absolute atomic E-state index is 0.128. The predicted octanol–water partition coefficient (Wildman–Crippen LogP) is 1.93. The van der Waals surface area contributed by atoms with Crippen LogP contribution in [0.2, 0.25) is 5.02 Å². The lowest BCUT2D eigenvalue weighted by Crippen LogP contribution is -2.38. The summed E-state index contributed by atoms with van der Waals surface area (Å²) in [6.07, 6.45) is 1.11. The third-order valence-electron chi connectivity index (χ3n) is 2.90. The van der Waals surface area contributed by atoms with Gasteiger partial charge in [0.05, 0.1) is 15.5 Å². The highest BCUT2D eigenvalue weighted by Gasteiger charge is 2.21. The number of hydrogen-bond acceptors (Lipinski definition) is 4. The molecule has 1 aromatic rings. The first kappa shape index (κ1) is 14.7. The van der Waals surface area contributed by atoms with E-state index in [-0.39, 0.29) is 15.8 Å². The first-order valence-electron chi connectivity index (χ1n) is 5.76. The van der Waals surface area contributed by atoms with Gasteiger partial charge in [0.1, 0.15) is 0 Å². The number of nitrogens with zero attached hydrogens (tertiary/aromatic N) is 1. The quantitative estimate of drug-likeness (QED) is 0.836. The molecule has 1 aromatic carbocycles. The van der Waals surface area contributed by atoms with Crippen LogP contribution in [0.15, 0.2) is 23.1 Å². The van der Waals surface area contributed by atoms with Crippen LogP contribution in [0.4, 0.5) is 0 Å². The molecule has 1 saturated heterocycles. The fourth-order valence-electron chi connectivity index (χ4n) is 1.84. The molecule has 1 aliphatic heterocycles. The summed E-state index contributed by atoms with van der Waals surface area (Å²) in [5, 5.41) is 0.186. The van der Waals surface area contributed by atoms with E-state index in [4.69, 9.17) is 11.6 Å². The molecule has 1 amide bonds. The summed E-state index contributed by atoms with van der Waals surface area (Å²) in [5.41, 5.74) is 0.362. The van der Waals surface area contributed by atoms with Crippen LogP contribution < -0.4 is 0 Å². The topological polar surface area (TPSA) is 54.5 Å². The van der Waals surface area contributed by atoms with E-state index in [2.05, 4.69) is 0 Å². The molecule has 0 radical (unpaired) electrons. The molecule has 2 rings (SSSR count). The number of rotatable bonds is 2. The summed E-state index contributed by atoms with van der Waals surface area (Å²) in [7, 11) is -3.31. The lowest BCUT2D eigenvalue weighted by atomic mass is 10.2. The molecule has 0 saturated carbocycles. The van der Waals surface area contributed by atoms with Crippen LogP contribution in [0.25, 0.3) is 0 Å². The molecule has 1 aliphatic rings. The normalized spacial score (nSPS) is 16.4. The molecule has 0 atom stereocenters. The molecule has 1 heterocycles. The second kappa shape index (κ2) is 5.73. The van der Waals surface area contributed by atoms with E-state index >= 15 is 0 Å². The van der Waals surface area contributed by atoms with Gasteiger partial charge in [-0.3, -0.25) is 4.79 Å². The van der Waals surface area contributed by atoms with Gasteiger partial charge >= 0.3 is 0 Å². The number of carbonyl (C=O) groups excluding carboxylic acids is 1. The van der Waals surface area contributed by atoms with Crippen molar-refractivity contribution in [2.45, 2.75) is 4.90 Å². The fraction of sp³-hybridized carbons (Fsp3) is 0.417. The number of carbonyl (C=O) groups is 1. The van der Waals surface area contributed by atoms with Crippen molar-refractivity contribution in [1.82, 2.24) is 4.90 Å². The Morgan fingerprint density at radius 3 is 2.47 bits per heavy atom. The summed E-state index contributed by atoms with van der Waals surface area (Å²) in [5.74, 6) is 1.71. The second-order valence-corrected chi connectivity index (χ2v) is 7.97. The van der Waals surface area contributed by atoms with Crippen molar-refractivity contribution < 1.29 is 13.2 Å². The Bertz CT molecular complexity index is 595. The Hall–Kier alpha value is -0.720. The molecule has 104 valence electrons. The van der Waals surface area contributed by atoms with Gasteiger partial charge in [-0.1, -0.05) is 11.6 Å². The number of benzene rings is 1. The highest BCUT2D eigenvalue weighted by molar-refractivity contribution is 7.99. The molecule has 0 bridgehead atoms. The van der Waals surface area contributed by atoms with Crippen molar-refractivity contribution in [3.8, 4) is 0 Å². The molecule has 19 heavy (non-hydrogen) atoms. The molecule has 7 heteroatoms. The molecule has 0 unspecified atom stereocenters. The van der Waals surface area contributed by atoms with Gasteiger partial charge in [0.2, 0.25) is 0 Å². The maximum atomic E-state index is 12.3. The van der Waals surface area contributed by atoms with E-state index in [1.54, 1.807) is 4.90 Å². The summed E-state index contributed by atoms with van der Waals surface area (Å²) < 4.78 is 22.8. The summed E-state index contributed by atoms with van der Waals surface area (Å²) in [6.45, 7) is 1.40. The van der Waals surface area contributed by atoms with Gasteiger partial charge in [-0.2, -0.15) is 11.8 Å². The average Bonchev–Trinajstić information content (AvgIpc) is 2.38. The highest BCUT2D eigenvalue weighted by atomic mass is 35.5. The maximum Gasteiger partial charge on any atom is 0.255 e. The van der Waals surface area contributed by atoms with Gasteiger partial charge in [0.15, 0.2) is 9.84 Å². The number of thioether (sulfide) groups is 1. The standard InChI is InChI=1S/C12H14ClNO3S2/c1-19(16,17)9-2-3-10(11(13)8-9)12(15)14-4-6-18-7-5-14/h2-3,8H,4-7H2,1H3. The average molecular weight is 320 g/mol. The van der Waals surface area contributed by atoms with E-state index in [9.17, 15) is 13.2 Å². The van der Waals surface area contributed by atoms with Gasteiger partial charge in [0.25, 0.3) is 5.91 Å². The Labute approximate surface area is 122 Å². The molecule has 0 N–H and O–H groups in total. The van der Waals surface area contributed by atoms with Gasteiger partial charge in [-0.25, -0.2) is 8.42 Å². The van der Waals surface area contributed by atoms with Crippen molar-refractivity contribution in [2.24, 2.45) is 0 Å².